The molecular weight excluding hydrogens is 532 g/mol. The Morgan fingerprint density at radius 3 is 2.15 bits per heavy atom. The fraction of sp³-hybridized carbons (Fsp3) is 0.440. The molecule has 212 valence electrons. The quantitative estimate of drug-likeness (QED) is 0.245. The lowest BCUT2D eigenvalue weighted by atomic mass is 9.97. The van der Waals surface area contributed by atoms with Crippen molar-refractivity contribution in [1.29, 1.82) is 0 Å². The van der Waals surface area contributed by atoms with Gasteiger partial charge < -0.3 is 23.7 Å². The van der Waals surface area contributed by atoms with Gasteiger partial charge in [0, 0.05) is 27.7 Å². The molecule has 40 heavy (non-hydrogen) atoms. The third kappa shape index (κ3) is 5.98. The number of ether oxygens (including phenoxy) is 5. The van der Waals surface area contributed by atoms with Crippen molar-refractivity contribution in [3.8, 4) is 0 Å². The first kappa shape index (κ1) is 28.4. The van der Waals surface area contributed by atoms with Gasteiger partial charge in [-0.3, -0.25) is 33.7 Å². The van der Waals surface area contributed by atoms with E-state index in [2.05, 4.69) is 10.3 Å². The summed E-state index contributed by atoms with van der Waals surface area (Å²) in [7, 11) is 0. The maximum atomic E-state index is 12.6. The first-order valence-corrected chi connectivity index (χ1v) is 12.1. The van der Waals surface area contributed by atoms with Crippen LogP contribution in [0.5, 0.6) is 0 Å². The van der Waals surface area contributed by atoms with Crippen LogP contribution < -0.4 is 4.90 Å². The minimum atomic E-state index is -1.39. The number of Topliss-reactive ketones (excluding diaryl/α,β-unsaturated/α-hetero) is 1. The van der Waals surface area contributed by atoms with Gasteiger partial charge in [-0.25, -0.2) is 4.68 Å². The van der Waals surface area contributed by atoms with Crippen molar-refractivity contribution >= 4 is 41.3 Å². The van der Waals surface area contributed by atoms with Crippen molar-refractivity contribution in [2.45, 2.75) is 64.9 Å². The monoisotopic (exact) mass is 558 g/mol. The minimum Gasteiger partial charge on any atom is -0.463 e. The highest BCUT2D eigenvalue weighted by Gasteiger charge is 2.53. The molecular formula is C25H26N4O11. The standard InChI is InChI=1S/C25H26N4O11/c1-12(30)36-11-19-21(37-13(2)31)22(38-14(3)32)23(39-15(4)33)25(40-19)29-10-16(26-27-29)9-28-18-8-6-5-7-17(18)20(34)24(28)35/h5-8,10,19,21-23,25H,9,11H2,1-4H3/t19-,21-,22+,23-,25-/m1/s1. The van der Waals surface area contributed by atoms with E-state index >= 15 is 0 Å². The van der Waals surface area contributed by atoms with E-state index in [0.717, 1.165) is 20.8 Å². The average molecular weight is 559 g/mol. The highest BCUT2D eigenvalue weighted by atomic mass is 16.7. The number of benzene rings is 1. The molecule has 1 saturated heterocycles. The molecule has 0 radical (unpaired) electrons. The molecule has 2 aliphatic rings. The molecule has 0 aliphatic carbocycles. The van der Waals surface area contributed by atoms with Gasteiger partial charge in [0.25, 0.3) is 11.7 Å². The second-order valence-corrected chi connectivity index (χ2v) is 9.02. The number of carbonyl (C=O) groups is 6. The number of esters is 4. The van der Waals surface area contributed by atoms with E-state index in [0.29, 0.717) is 5.69 Å². The number of hydrogen-bond acceptors (Lipinski definition) is 13. The third-order valence-corrected chi connectivity index (χ3v) is 5.98. The molecule has 5 atom stereocenters. The number of hydrogen-bond donors (Lipinski definition) is 0. The molecule has 0 unspecified atom stereocenters. The lowest BCUT2D eigenvalue weighted by molar-refractivity contribution is -0.270. The second-order valence-electron chi connectivity index (χ2n) is 9.02. The van der Waals surface area contributed by atoms with E-state index in [4.69, 9.17) is 23.7 Å². The van der Waals surface area contributed by atoms with Crippen LogP contribution in [0.4, 0.5) is 5.69 Å². The van der Waals surface area contributed by atoms with Crippen LogP contribution in [-0.2, 0) is 54.2 Å². The molecule has 1 aromatic carbocycles. The first-order valence-electron chi connectivity index (χ1n) is 12.1. The third-order valence-electron chi connectivity index (χ3n) is 5.98. The van der Waals surface area contributed by atoms with Gasteiger partial charge in [-0.05, 0) is 12.1 Å². The maximum absolute atomic E-state index is 12.6. The Labute approximate surface area is 227 Å². The largest absolute Gasteiger partial charge is 0.463 e. The molecule has 3 heterocycles. The molecule has 15 heteroatoms. The van der Waals surface area contributed by atoms with Crippen molar-refractivity contribution in [2.24, 2.45) is 0 Å². The van der Waals surface area contributed by atoms with Crippen LogP contribution in [0.25, 0.3) is 0 Å². The van der Waals surface area contributed by atoms with Crippen molar-refractivity contribution in [2.75, 3.05) is 11.5 Å². The molecule has 4 rings (SSSR count). The number of ketones is 1. The average Bonchev–Trinajstić information content (AvgIpc) is 3.43. The Kier molecular flexibility index (Phi) is 8.23. The lowest BCUT2D eigenvalue weighted by Crippen LogP contribution is -2.60. The number of nitrogens with zero attached hydrogens (tertiary/aromatic N) is 4. The molecule has 2 aromatic rings. The number of para-hydroxylation sites is 1. The molecule has 0 bridgehead atoms. The Hall–Kier alpha value is -4.66. The van der Waals surface area contributed by atoms with Crippen molar-refractivity contribution < 1.29 is 52.5 Å². The predicted molar refractivity (Wildman–Crippen MR) is 129 cm³/mol. The van der Waals surface area contributed by atoms with Crippen LogP contribution in [0.3, 0.4) is 0 Å². The summed E-state index contributed by atoms with van der Waals surface area (Å²) in [5.41, 5.74) is 0.921. The summed E-state index contributed by atoms with van der Waals surface area (Å²) in [4.78, 5) is 73.7. The van der Waals surface area contributed by atoms with Crippen LogP contribution >= 0.6 is 0 Å². The first-order chi connectivity index (χ1) is 19.0. The topological polar surface area (TPSA) is 183 Å². The molecule has 0 N–H and O–H groups in total. The van der Waals surface area contributed by atoms with E-state index < -0.39 is 72.8 Å². The SMILES string of the molecule is CC(=O)OC[C@H]1O[C@@H](n2cc(CN3C(=O)C(=O)c4ccccc43)nn2)[C@H](OC(C)=O)[C@@H](OC(C)=O)[C@@H]1OC(C)=O. The molecule has 2 aliphatic heterocycles. The lowest BCUT2D eigenvalue weighted by Gasteiger charge is -2.44. The van der Waals surface area contributed by atoms with Gasteiger partial charge in [0.2, 0.25) is 0 Å². The Balaban J connectivity index is 1.68. The van der Waals surface area contributed by atoms with Crippen LogP contribution in [0, 0.1) is 0 Å². The minimum absolute atomic E-state index is 0.118. The van der Waals surface area contributed by atoms with E-state index in [1.165, 1.54) is 22.7 Å². The molecule has 15 nitrogen and oxygen atoms in total. The zero-order valence-electron chi connectivity index (χ0n) is 22.0. The van der Waals surface area contributed by atoms with Gasteiger partial charge in [0.05, 0.1) is 24.0 Å². The zero-order valence-corrected chi connectivity index (χ0v) is 22.0. The zero-order chi connectivity index (χ0) is 29.1. The van der Waals surface area contributed by atoms with Crippen LogP contribution in [0.1, 0.15) is 50.0 Å². The highest BCUT2D eigenvalue weighted by molar-refractivity contribution is 6.52. The highest BCUT2D eigenvalue weighted by Crippen LogP contribution is 2.35. The van der Waals surface area contributed by atoms with E-state index in [1.54, 1.807) is 24.3 Å². The van der Waals surface area contributed by atoms with Crippen LogP contribution in [0.15, 0.2) is 30.5 Å². The van der Waals surface area contributed by atoms with Crippen molar-refractivity contribution in [1.82, 2.24) is 15.0 Å². The predicted octanol–water partition coefficient (Wildman–Crippen LogP) is 0.263. The summed E-state index contributed by atoms with van der Waals surface area (Å²) in [5, 5.41) is 8.10. The number of carbonyl (C=O) groups excluding carboxylic acids is 6. The normalized spacial score (nSPS) is 23.8. The van der Waals surface area contributed by atoms with Gasteiger partial charge in [-0.1, -0.05) is 17.3 Å². The fourth-order valence-electron chi connectivity index (χ4n) is 4.50. The van der Waals surface area contributed by atoms with Crippen molar-refractivity contribution in [3.05, 3.63) is 41.7 Å². The van der Waals surface area contributed by atoms with Crippen LogP contribution in [0.2, 0.25) is 0 Å². The molecule has 1 amide bonds. The Bertz CT molecular complexity index is 1360. The number of fused-ring (bicyclic) bond motifs is 1. The summed E-state index contributed by atoms with van der Waals surface area (Å²) in [5.74, 6) is -4.34. The summed E-state index contributed by atoms with van der Waals surface area (Å²) >= 11 is 0. The molecule has 0 saturated carbocycles. The smallest absolute Gasteiger partial charge is 0.303 e. The molecule has 1 fully saturated rings. The van der Waals surface area contributed by atoms with E-state index in [9.17, 15) is 28.8 Å². The van der Waals surface area contributed by atoms with Gasteiger partial charge in [0.1, 0.15) is 18.4 Å². The molecule has 0 spiro atoms. The van der Waals surface area contributed by atoms with Gasteiger partial charge in [-0.2, -0.15) is 0 Å². The summed E-state index contributed by atoms with van der Waals surface area (Å²) in [6.07, 6.45) is -5.18. The van der Waals surface area contributed by atoms with E-state index in [1.807, 2.05) is 0 Å². The van der Waals surface area contributed by atoms with Crippen molar-refractivity contribution in [3.63, 3.8) is 0 Å². The summed E-state index contributed by atoms with van der Waals surface area (Å²) in [6.45, 7) is 3.99. The van der Waals surface area contributed by atoms with Gasteiger partial charge >= 0.3 is 23.9 Å². The maximum Gasteiger partial charge on any atom is 0.303 e. The Morgan fingerprint density at radius 2 is 1.50 bits per heavy atom. The summed E-state index contributed by atoms with van der Waals surface area (Å²) in [6, 6.07) is 6.51. The second kappa shape index (κ2) is 11.6. The summed E-state index contributed by atoms with van der Waals surface area (Å²) < 4.78 is 28.5. The van der Waals surface area contributed by atoms with E-state index in [-0.39, 0.29) is 17.8 Å². The van der Waals surface area contributed by atoms with Gasteiger partial charge in [0.15, 0.2) is 24.5 Å². The fourth-order valence-corrected chi connectivity index (χ4v) is 4.50. The number of amides is 1. The number of rotatable bonds is 8. The number of anilines is 1. The van der Waals surface area contributed by atoms with Gasteiger partial charge in [-0.15, -0.1) is 5.10 Å². The number of aromatic nitrogens is 3. The Morgan fingerprint density at radius 1 is 0.875 bits per heavy atom. The molecule has 1 aromatic heterocycles. The van der Waals surface area contributed by atoms with Crippen LogP contribution in [-0.4, -0.2) is 81.6 Å².